The number of hydrogen-bond donors (Lipinski definition) is 1. The molecule has 0 saturated heterocycles. The summed E-state index contributed by atoms with van der Waals surface area (Å²) in [7, 11) is 0. The SMILES string of the molecule is Cc1cccc(Cn2nc(CN[C@@H](C)CCc3ccccc3)c(-c3ccccc3)n2)c1. The maximum absolute atomic E-state index is 4.84. The van der Waals surface area contributed by atoms with E-state index >= 15 is 0 Å². The van der Waals surface area contributed by atoms with Gasteiger partial charge >= 0.3 is 0 Å². The Bertz CT molecular complexity index is 1090. The molecule has 158 valence electrons. The zero-order valence-electron chi connectivity index (χ0n) is 18.3. The minimum atomic E-state index is 0.394. The molecule has 0 fully saturated rings. The van der Waals surface area contributed by atoms with Crippen molar-refractivity contribution >= 4 is 0 Å². The molecule has 0 bridgehead atoms. The molecule has 4 heteroatoms. The average molecular weight is 411 g/mol. The van der Waals surface area contributed by atoms with E-state index in [0.29, 0.717) is 19.1 Å². The quantitative estimate of drug-likeness (QED) is 0.401. The van der Waals surface area contributed by atoms with Gasteiger partial charge in [-0.3, -0.25) is 0 Å². The fourth-order valence-electron chi connectivity index (χ4n) is 3.77. The molecule has 4 rings (SSSR count). The van der Waals surface area contributed by atoms with E-state index < -0.39 is 0 Å². The molecule has 4 aromatic rings. The van der Waals surface area contributed by atoms with Gasteiger partial charge in [-0.05, 0) is 37.8 Å². The molecule has 0 unspecified atom stereocenters. The van der Waals surface area contributed by atoms with E-state index in [-0.39, 0.29) is 0 Å². The third-order valence-electron chi connectivity index (χ3n) is 5.51. The molecular formula is C27H30N4. The fourth-order valence-corrected chi connectivity index (χ4v) is 3.77. The molecule has 1 N–H and O–H groups in total. The second-order valence-corrected chi connectivity index (χ2v) is 8.19. The lowest BCUT2D eigenvalue weighted by Gasteiger charge is -2.13. The standard InChI is InChI=1S/C27H30N4/c1-21-10-9-13-24(18-21)20-31-29-26(27(30-31)25-14-7-4-8-15-25)19-28-22(2)16-17-23-11-5-3-6-12-23/h3-15,18,22,28H,16-17,19-20H2,1-2H3/t22-/m0/s1. The van der Waals surface area contributed by atoms with Crippen LogP contribution in [0.2, 0.25) is 0 Å². The van der Waals surface area contributed by atoms with Crippen molar-refractivity contribution in [2.45, 2.75) is 45.8 Å². The highest BCUT2D eigenvalue weighted by Crippen LogP contribution is 2.21. The molecule has 0 aliphatic rings. The van der Waals surface area contributed by atoms with E-state index in [0.717, 1.165) is 29.8 Å². The van der Waals surface area contributed by atoms with Crippen LogP contribution in [0.3, 0.4) is 0 Å². The Morgan fingerprint density at radius 1 is 0.839 bits per heavy atom. The number of aromatic nitrogens is 3. The van der Waals surface area contributed by atoms with Gasteiger partial charge < -0.3 is 5.32 Å². The normalized spacial score (nSPS) is 12.1. The Labute approximate surface area is 185 Å². The van der Waals surface area contributed by atoms with Crippen molar-refractivity contribution in [1.82, 2.24) is 20.3 Å². The zero-order chi connectivity index (χ0) is 21.5. The number of hydrogen-bond acceptors (Lipinski definition) is 3. The summed E-state index contributed by atoms with van der Waals surface area (Å²) in [6, 6.07) is 29.9. The van der Waals surface area contributed by atoms with E-state index in [2.05, 4.69) is 98.0 Å². The molecule has 0 saturated carbocycles. The second kappa shape index (κ2) is 10.2. The lowest BCUT2D eigenvalue weighted by Crippen LogP contribution is -2.26. The first-order chi connectivity index (χ1) is 15.2. The summed E-state index contributed by atoms with van der Waals surface area (Å²) in [5.74, 6) is 0. The number of aryl methyl sites for hydroxylation is 2. The third kappa shape index (κ3) is 5.89. The first-order valence-electron chi connectivity index (χ1n) is 11.0. The van der Waals surface area contributed by atoms with Gasteiger partial charge in [0.15, 0.2) is 0 Å². The predicted molar refractivity (Wildman–Crippen MR) is 127 cm³/mol. The van der Waals surface area contributed by atoms with Crippen LogP contribution in [0.25, 0.3) is 11.3 Å². The Morgan fingerprint density at radius 3 is 2.29 bits per heavy atom. The van der Waals surface area contributed by atoms with Crippen molar-refractivity contribution in [3.05, 3.63) is 107 Å². The highest BCUT2D eigenvalue weighted by Gasteiger charge is 2.14. The van der Waals surface area contributed by atoms with Crippen LogP contribution < -0.4 is 5.32 Å². The van der Waals surface area contributed by atoms with Gasteiger partial charge in [0.1, 0.15) is 11.4 Å². The van der Waals surface area contributed by atoms with Crippen LogP contribution >= 0.6 is 0 Å². The van der Waals surface area contributed by atoms with E-state index in [1.807, 2.05) is 10.9 Å². The summed E-state index contributed by atoms with van der Waals surface area (Å²) < 4.78 is 0. The van der Waals surface area contributed by atoms with Gasteiger partial charge in [0.25, 0.3) is 0 Å². The van der Waals surface area contributed by atoms with Gasteiger partial charge in [-0.1, -0.05) is 90.5 Å². The minimum Gasteiger partial charge on any atom is -0.309 e. The van der Waals surface area contributed by atoms with Crippen molar-refractivity contribution in [2.24, 2.45) is 0 Å². The van der Waals surface area contributed by atoms with Crippen molar-refractivity contribution in [3.63, 3.8) is 0 Å². The minimum absolute atomic E-state index is 0.394. The van der Waals surface area contributed by atoms with E-state index in [1.54, 1.807) is 0 Å². The highest BCUT2D eigenvalue weighted by molar-refractivity contribution is 5.60. The van der Waals surface area contributed by atoms with Crippen LogP contribution in [-0.4, -0.2) is 21.0 Å². The number of rotatable bonds is 9. The first-order valence-corrected chi connectivity index (χ1v) is 11.0. The summed E-state index contributed by atoms with van der Waals surface area (Å²) in [4.78, 5) is 1.82. The third-order valence-corrected chi connectivity index (χ3v) is 5.51. The smallest absolute Gasteiger partial charge is 0.117 e. The van der Waals surface area contributed by atoms with Gasteiger partial charge in [0.05, 0.1) is 6.54 Å². The summed E-state index contributed by atoms with van der Waals surface area (Å²) in [6.45, 7) is 5.73. The van der Waals surface area contributed by atoms with Crippen LogP contribution in [0.4, 0.5) is 0 Å². The number of nitrogens with one attached hydrogen (secondary N) is 1. The molecule has 1 atom stereocenters. The van der Waals surface area contributed by atoms with Gasteiger partial charge in [-0.25, -0.2) is 0 Å². The summed E-state index contributed by atoms with van der Waals surface area (Å²) in [5, 5.41) is 13.3. The Balaban J connectivity index is 1.46. The first kappa shape index (κ1) is 21.0. The van der Waals surface area contributed by atoms with Crippen molar-refractivity contribution in [2.75, 3.05) is 0 Å². The summed E-state index contributed by atoms with van der Waals surface area (Å²) in [5.41, 5.74) is 6.89. The molecule has 0 spiro atoms. The van der Waals surface area contributed by atoms with E-state index in [1.165, 1.54) is 16.7 Å². The van der Waals surface area contributed by atoms with Crippen molar-refractivity contribution in [3.8, 4) is 11.3 Å². The molecule has 4 nitrogen and oxygen atoms in total. The monoisotopic (exact) mass is 410 g/mol. The highest BCUT2D eigenvalue weighted by atomic mass is 15.5. The predicted octanol–water partition coefficient (Wildman–Crippen LogP) is 5.41. The van der Waals surface area contributed by atoms with Gasteiger partial charge in [0.2, 0.25) is 0 Å². The lowest BCUT2D eigenvalue weighted by molar-refractivity contribution is 0.503. The van der Waals surface area contributed by atoms with Gasteiger partial charge in [0, 0.05) is 18.2 Å². The average Bonchev–Trinajstić information content (AvgIpc) is 3.20. The van der Waals surface area contributed by atoms with Crippen LogP contribution in [0.1, 0.15) is 35.7 Å². The molecule has 1 aromatic heterocycles. The maximum atomic E-state index is 4.84. The lowest BCUT2D eigenvalue weighted by atomic mass is 10.1. The van der Waals surface area contributed by atoms with E-state index in [9.17, 15) is 0 Å². The summed E-state index contributed by atoms with van der Waals surface area (Å²) in [6.07, 6.45) is 2.16. The molecular weight excluding hydrogens is 380 g/mol. The molecule has 31 heavy (non-hydrogen) atoms. The molecule has 3 aromatic carbocycles. The van der Waals surface area contributed by atoms with E-state index in [4.69, 9.17) is 10.2 Å². The van der Waals surface area contributed by atoms with Crippen LogP contribution in [0.15, 0.2) is 84.9 Å². The molecule has 0 radical (unpaired) electrons. The van der Waals surface area contributed by atoms with Gasteiger partial charge in [-0.2, -0.15) is 15.0 Å². The topological polar surface area (TPSA) is 42.7 Å². The fraction of sp³-hybridized carbons (Fsp3) is 0.259. The van der Waals surface area contributed by atoms with Crippen LogP contribution in [-0.2, 0) is 19.5 Å². The molecule has 0 aliphatic heterocycles. The Hall–Kier alpha value is -3.24. The second-order valence-electron chi connectivity index (χ2n) is 8.19. The van der Waals surface area contributed by atoms with Gasteiger partial charge in [-0.15, -0.1) is 0 Å². The zero-order valence-corrected chi connectivity index (χ0v) is 18.3. The van der Waals surface area contributed by atoms with Crippen molar-refractivity contribution < 1.29 is 0 Å². The number of benzene rings is 3. The largest absolute Gasteiger partial charge is 0.309 e. The van der Waals surface area contributed by atoms with Crippen LogP contribution in [0, 0.1) is 6.92 Å². The molecule has 0 amide bonds. The molecule has 1 heterocycles. The van der Waals surface area contributed by atoms with Crippen molar-refractivity contribution in [1.29, 1.82) is 0 Å². The summed E-state index contributed by atoms with van der Waals surface area (Å²) >= 11 is 0. The molecule has 0 aliphatic carbocycles. The van der Waals surface area contributed by atoms with Crippen LogP contribution in [0.5, 0.6) is 0 Å². The Morgan fingerprint density at radius 2 is 1.55 bits per heavy atom. The Kier molecular flexibility index (Phi) is 6.90. The maximum Gasteiger partial charge on any atom is 0.117 e. The number of nitrogens with zero attached hydrogens (tertiary/aromatic N) is 3.